The minimum atomic E-state index is -0.252. The summed E-state index contributed by atoms with van der Waals surface area (Å²) in [6, 6.07) is 7.45. The first-order chi connectivity index (χ1) is 8.70. The molecule has 1 fully saturated rings. The number of ether oxygens (including phenoxy) is 2. The molecule has 5 heteroatoms. The zero-order valence-electron chi connectivity index (χ0n) is 10.2. The summed E-state index contributed by atoms with van der Waals surface area (Å²) in [7, 11) is 1.65. The van der Waals surface area contributed by atoms with Gasteiger partial charge >= 0.3 is 5.97 Å². The fourth-order valence-electron chi connectivity index (χ4n) is 1.93. The fraction of sp³-hybridized carbons (Fsp3) is 0.462. The molecule has 18 heavy (non-hydrogen) atoms. The molecular weight excluding hydrogens is 298 g/mol. The molecule has 98 valence electrons. The lowest BCUT2D eigenvalue weighted by atomic mass is 10.2. The Morgan fingerprint density at radius 3 is 2.94 bits per heavy atom. The number of nitrogens with one attached hydrogen (secondary N) is 1. The van der Waals surface area contributed by atoms with Crippen molar-refractivity contribution < 1.29 is 14.3 Å². The molecule has 2 rings (SSSR count). The van der Waals surface area contributed by atoms with Crippen LogP contribution in [0.4, 0.5) is 0 Å². The van der Waals surface area contributed by atoms with Crippen molar-refractivity contribution in [3.63, 3.8) is 0 Å². The highest BCUT2D eigenvalue weighted by Crippen LogP contribution is 2.18. The van der Waals surface area contributed by atoms with Crippen molar-refractivity contribution in [1.82, 2.24) is 5.32 Å². The molecule has 0 aromatic heterocycles. The van der Waals surface area contributed by atoms with Crippen LogP contribution in [-0.2, 0) is 20.9 Å². The molecule has 2 atom stereocenters. The maximum atomic E-state index is 11.8. The van der Waals surface area contributed by atoms with Crippen LogP contribution in [0.25, 0.3) is 0 Å². The summed E-state index contributed by atoms with van der Waals surface area (Å²) in [6.45, 7) is 0.987. The molecule has 0 radical (unpaired) electrons. The predicted molar refractivity (Wildman–Crippen MR) is 71.1 cm³/mol. The second-order valence-electron chi connectivity index (χ2n) is 4.25. The van der Waals surface area contributed by atoms with Crippen molar-refractivity contribution in [2.75, 3.05) is 13.7 Å². The zero-order valence-corrected chi connectivity index (χ0v) is 11.8. The summed E-state index contributed by atoms with van der Waals surface area (Å²) in [5.41, 5.74) is 0.965. The molecule has 0 amide bonds. The Kier molecular flexibility index (Phi) is 4.74. The lowest BCUT2D eigenvalue weighted by molar-refractivity contribution is -0.147. The van der Waals surface area contributed by atoms with E-state index in [9.17, 15) is 4.79 Å². The van der Waals surface area contributed by atoms with Gasteiger partial charge in [-0.25, -0.2) is 0 Å². The first-order valence-electron chi connectivity index (χ1n) is 5.87. The van der Waals surface area contributed by atoms with Crippen molar-refractivity contribution >= 4 is 21.9 Å². The molecular formula is C13H16BrNO3. The largest absolute Gasteiger partial charge is 0.460 e. The third-order valence-corrected chi connectivity index (χ3v) is 3.81. The van der Waals surface area contributed by atoms with Gasteiger partial charge in [-0.2, -0.15) is 0 Å². The average molecular weight is 314 g/mol. The van der Waals surface area contributed by atoms with Crippen LogP contribution in [0.3, 0.4) is 0 Å². The van der Waals surface area contributed by atoms with Crippen LogP contribution in [0.5, 0.6) is 0 Å². The van der Waals surface area contributed by atoms with Gasteiger partial charge in [-0.1, -0.05) is 34.1 Å². The molecule has 1 saturated heterocycles. The Morgan fingerprint density at radius 1 is 1.50 bits per heavy atom. The third kappa shape index (κ3) is 3.31. The topological polar surface area (TPSA) is 47.6 Å². The number of benzene rings is 1. The van der Waals surface area contributed by atoms with Crippen molar-refractivity contribution in [2.45, 2.75) is 25.2 Å². The van der Waals surface area contributed by atoms with E-state index in [2.05, 4.69) is 21.2 Å². The molecule has 1 N–H and O–H groups in total. The van der Waals surface area contributed by atoms with Gasteiger partial charge in [0.25, 0.3) is 0 Å². The second-order valence-corrected chi connectivity index (χ2v) is 5.11. The Balaban J connectivity index is 1.84. The van der Waals surface area contributed by atoms with E-state index in [4.69, 9.17) is 9.47 Å². The van der Waals surface area contributed by atoms with Gasteiger partial charge in [-0.05, 0) is 6.07 Å². The number of esters is 1. The van der Waals surface area contributed by atoms with E-state index in [0.717, 1.165) is 10.0 Å². The van der Waals surface area contributed by atoms with Crippen molar-refractivity contribution in [1.29, 1.82) is 0 Å². The van der Waals surface area contributed by atoms with Gasteiger partial charge < -0.3 is 14.8 Å². The first-order valence-corrected chi connectivity index (χ1v) is 6.66. The van der Waals surface area contributed by atoms with E-state index in [1.807, 2.05) is 24.3 Å². The van der Waals surface area contributed by atoms with Crippen LogP contribution in [0.1, 0.15) is 12.0 Å². The summed E-state index contributed by atoms with van der Waals surface area (Å²) in [6.07, 6.45) is 0.775. The number of hydrogen-bond acceptors (Lipinski definition) is 4. The Hall–Kier alpha value is -0.910. The summed E-state index contributed by atoms with van der Waals surface area (Å²) in [4.78, 5) is 11.8. The summed E-state index contributed by atoms with van der Waals surface area (Å²) in [5.74, 6) is -0.217. The lowest BCUT2D eigenvalue weighted by Gasteiger charge is -2.11. The van der Waals surface area contributed by atoms with Crippen LogP contribution in [0.2, 0.25) is 0 Å². The monoisotopic (exact) mass is 313 g/mol. The van der Waals surface area contributed by atoms with Crippen LogP contribution >= 0.6 is 15.9 Å². The lowest BCUT2D eigenvalue weighted by Crippen LogP contribution is -2.32. The maximum absolute atomic E-state index is 11.8. The third-order valence-electron chi connectivity index (χ3n) is 3.04. The van der Waals surface area contributed by atoms with Gasteiger partial charge in [0.2, 0.25) is 0 Å². The molecule has 0 spiro atoms. The highest BCUT2D eigenvalue weighted by atomic mass is 79.9. The molecule has 4 nitrogen and oxygen atoms in total. The second kappa shape index (κ2) is 6.31. The number of rotatable bonds is 4. The highest BCUT2D eigenvalue weighted by molar-refractivity contribution is 9.10. The molecule has 0 saturated carbocycles. The SMILES string of the molecule is COC1CNC(C(=O)OCc2ccccc2Br)C1. The fourth-order valence-corrected chi connectivity index (χ4v) is 2.33. The smallest absolute Gasteiger partial charge is 0.323 e. The number of hydrogen-bond donors (Lipinski definition) is 1. The van der Waals surface area contributed by atoms with Crippen LogP contribution < -0.4 is 5.32 Å². The van der Waals surface area contributed by atoms with E-state index >= 15 is 0 Å². The summed E-state index contributed by atoms with van der Waals surface area (Å²) >= 11 is 3.42. The molecule has 2 unspecified atom stereocenters. The zero-order chi connectivity index (χ0) is 13.0. The molecule has 1 aliphatic rings. The number of halogens is 1. The van der Waals surface area contributed by atoms with Crippen LogP contribution in [0, 0.1) is 0 Å². The minimum Gasteiger partial charge on any atom is -0.460 e. The Labute approximate surface area is 115 Å². The minimum absolute atomic E-state index is 0.103. The normalized spacial score (nSPS) is 23.0. The number of carbonyl (C=O) groups is 1. The number of carbonyl (C=O) groups excluding carboxylic acids is 1. The summed E-state index contributed by atoms with van der Waals surface area (Å²) in [5, 5.41) is 3.10. The molecule has 1 aromatic rings. The van der Waals surface area contributed by atoms with Gasteiger partial charge in [-0.3, -0.25) is 4.79 Å². The van der Waals surface area contributed by atoms with Crippen LogP contribution in [-0.4, -0.2) is 31.8 Å². The molecule has 0 aliphatic carbocycles. The molecule has 1 aromatic carbocycles. The number of methoxy groups -OCH3 is 1. The standard InChI is InChI=1S/C13H16BrNO3/c1-17-10-6-12(15-7-10)13(16)18-8-9-4-2-3-5-11(9)14/h2-5,10,12,15H,6-8H2,1H3. The van der Waals surface area contributed by atoms with Gasteiger partial charge in [0, 0.05) is 30.1 Å². The van der Waals surface area contributed by atoms with E-state index < -0.39 is 0 Å². The highest BCUT2D eigenvalue weighted by Gasteiger charge is 2.30. The molecule has 1 aliphatic heterocycles. The summed E-state index contributed by atoms with van der Waals surface area (Å²) < 4.78 is 11.4. The maximum Gasteiger partial charge on any atom is 0.323 e. The van der Waals surface area contributed by atoms with Gasteiger partial charge in [-0.15, -0.1) is 0 Å². The van der Waals surface area contributed by atoms with E-state index in [0.29, 0.717) is 13.0 Å². The van der Waals surface area contributed by atoms with Crippen LogP contribution in [0.15, 0.2) is 28.7 Å². The molecule has 1 heterocycles. The van der Waals surface area contributed by atoms with E-state index in [-0.39, 0.29) is 24.7 Å². The quantitative estimate of drug-likeness (QED) is 0.862. The predicted octanol–water partition coefficient (Wildman–Crippen LogP) is 1.87. The van der Waals surface area contributed by atoms with E-state index in [1.165, 1.54) is 0 Å². The Morgan fingerprint density at radius 2 is 2.28 bits per heavy atom. The Bertz CT molecular complexity index is 424. The van der Waals surface area contributed by atoms with Gasteiger partial charge in [0.15, 0.2) is 0 Å². The van der Waals surface area contributed by atoms with Crippen molar-refractivity contribution in [2.24, 2.45) is 0 Å². The van der Waals surface area contributed by atoms with Crippen molar-refractivity contribution in [3.8, 4) is 0 Å². The average Bonchev–Trinajstić information content (AvgIpc) is 2.86. The van der Waals surface area contributed by atoms with Gasteiger partial charge in [0.05, 0.1) is 6.10 Å². The van der Waals surface area contributed by atoms with E-state index in [1.54, 1.807) is 7.11 Å². The first kappa shape index (κ1) is 13.5. The van der Waals surface area contributed by atoms with Crippen molar-refractivity contribution in [3.05, 3.63) is 34.3 Å². The van der Waals surface area contributed by atoms with Gasteiger partial charge in [0.1, 0.15) is 12.6 Å². The molecule has 0 bridgehead atoms.